The summed E-state index contributed by atoms with van der Waals surface area (Å²) in [5.74, 6) is 2.88. The fourth-order valence-electron chi connectivity index (χ4n) is 7.22. The number of aromatic amines is 1. The molecule has 2 aliphatic rings. The number of nitrogens with one attached hydrogen (secondary N) is 2. The Morgan fingerprint density at radius 1 is 0.962 bits per heavy atom. The number of carbonyl (C=O) groups excluding carboxylic acids is 2. The van der Waals surface area contributed by atoms with E-state index in [1.54, 1.807) is 36.4 Å². The molecule has 0 bridgehead atoms. The van der Waals surface area contributed by atoms with Gasteiger partial charge in [-0.3, -0.25) is 19.6 Å². The molecule has 2 atom stereocenters. The number of likely N-dealkylation sites (tertiary alicyclic amines) is 1. The molecule has 2 aliphatic heterocycles. The third-order valence-electron chi connectivity index (χ3n) is 9.96. The zero-order valence-corrected chi connectivity index (χ0v) is 30.7. The van der Waals surface area contributed by atoms with E-state index in [-0.39, 0.29) is 23.2 Å². The number of amides is 1. The van der Waals surface area contributed by atoms with E-state index in [4.69, 9.17) is 4.74 Å². The number of piperidine rings is 1. The first kappa shape index (κ1) is 35.5. The molecule has 2 N–H and O–H groups in total. The number of fused-ring (bicyclic) bond motifs is 1. The molecule has 5 aromatic rings. The standard InChI is InChI=1S/C39H45N9O3S/c1-25(2)51-37-10-6-27(21-43-37)38-31-19-30(7-8-32(31)45-46-38)44-36(50)20-34(52-3)29-11-16-47(23-29)24-33(49)26-12-17-48(18-13-26)35-9-5-28(22-42-35)39-40-14-4-15-41-39/h4-10,14-15,19,21-22,25-26,29,34H,11-13,16-18,20,23-24H2,1-3H3,(H,44,50)(H,45,46). The lowest BCUT2D eigenvalue weighted by Gasteiger charge is -2.33. The molecule has 13 heteroatoms. The van der Waals surface area contributed by atoms with Crippen molar-refractivity contribution >= 4 is 45.9 Å². The molecule has 2 unspecified atom stereocenters. The third-order valence-corrected chi connectivity index (χ3v) is 11.1. The van der Waals surface area contributed by atoms with Crippen LogP contribution in [-0.2, 0) is 9.59 Å². The largest absolute Gasteiger partial charge is 0.475 e. The van der Waals surface area contributed by atoms with E-state index in [0.717, 1.165) is 84.7 Å². The van der Waals surface area contributed by atoms with Crippen molar-refractivity contribution in [3.05, 3.63) is 73.3 Å². The monoisotopic (exact) mass is 719 g/mol. The Kier molecular flexibility index (Phi) is 11.1. The van der Waals surface area contributed by atoms with Gasteiger partial charge in [-0.15, -0.1) is 0 Å². The zero-order chi connectivity index (χ0) is 36.0. The first-order chi connectivity index (χ1) is 25.3. The normalized spacial score (nSPS) is 17.5. The van der Waals surface area contributed by atoms with Crippen LogP contribution < -0.4 is 15.0 Å². The van der Waals surface area contributed by atoms with Crippen molar-refractivity contribution in [2.75, 3.05) is 49.2 Å². The van der Waals surface area contributed by atoms with Crippen LogP contribution in [0.25, 0.3) is 33.5 Å². The Morgan fingerprint density at radius 2 is 1.75 bits per heavy atom. The molecular formula is C39H45N9O3S. The molecule has 0 saturated carbocycles. The second-order valence-electron chi connectivity index (χ2n) is 13.9. The summed E-state index contributed by atoms with van der Waals surface area (Å²) in [5, 5.41) is 11.8. The number of pyridine rings is 2. The lowest BCUT2D eigenvalue weighted by atomic mass is 9.92. The minimum atomic E-state index is -0.0144. The van der Waals surface area contributed by atoms with E-state index in [9.17, 15) is 9.59 Å². The highest BCUT2D eigenvalue weighted by atomic mass is 32.2. The zero-order valence-electron chi connectivity index (χ0n) is 29.9. The fourth-order valence-corrected chi connectivity index (χ4v) is 8.15. The van der Waals surface area contributed by atoms with Crippen molar-refractivity contribution < 1.29 is 14.3 Å². The van der Waals surface area contributed by atoms with Gasteiger partial charge >= 0.3 is 0 Å². The summed E-state index contributed by atoms with van der Waals surface area (Å²) < 4.78 is 5.68. The van der Waals surface area contributed by atoms with E-state index < -0.39 is 0 Å². The molecule has 0 aliphatic carbocycles. The van der Waals surface area contributed by atoms with Gasteiger partial charge in [0.25, 0.3) is 0 Å². The van der Waals surface area contributed by atoms with Gasteiger partial charge in [0.1, 0.15) is 17.3 Å². The van der Waals surface area contributed by atoms with Crippen LogP contribution >= 0.6 is 11.8 Å². The van der Waals surface area contributed by atoms with Gasteiger partial charge in [-0.1, -0.05) is 0 Å². The van der Waals surface area contributed by atoms with E-state index in [0.29, 0.717) is 36.4 Å². The SMILES string of the molecule is CSC(CC(=O)Nc1ccc2[nH]nc(-c3ccc(OC(C)C)nc3)c2c1)C1CCN(CC(=O)C2CCN(c3ccc(-c4ncccn4)cn3)CC2)C1. The number of H-pyrrole nitrogens is 1. The van der Waals surface area contributed by atoms with Crippen molar-refractivity contribution in [3.63, 3.8) is 0 Å². The molecule has 270 valence electrons. The Bertz CT molecular complexity index is 1960. The van der Waals surface area contributed by atoms with Gasteiger partial charge in [0.05, 0.1) is 18.2 Å². The van der Waals surface area contributed by atoms with Crippen molar-refractivity contribution in [2.24, 2.45) is 11.8 Å². The summed E-state index contributed by atoms with van der Waals surface area (Å²) >= 11 is 1.74. The van der Waals surface area contributed by atoms with Crippen LogP contribution in [0.4, 0.5) is 11.5 Å². The topological polar surface area (TPSA) is 142 Å². The maximum Gasteiger partial charge on any atom is 0.225 e. The number of anilines is 2. The van der Waals surface area contributed by atoms with Gasteiger partial charge in [0, 0.05) is 90.3 Å². The molecule has 2 saturated heterocycles. The van der Waals surface area contributed by atoms with Gasteiger partial charge < -0.3 is 15.0 Å². The number of ketones is 1. The number of hydrogen-bond donors (Lipinski definition) is 2. The van der Waals surface area contributed by atoms with Crippen LogP contribution in [0.15, 0.2) is 73.3 Å². The van der Waals surface area contributed by atoms with Crippen LogP contribution in [-0.4, -0.2) is 97.1 Å². The summed E-state index contributed by atoms with van der Waals surface area (Å²) in [5.41, 5.74) is 4.13. The summed E-state index contributed by atoms with van der Waals surface area (Å²) in [6, 6.07) is 15.4. The van der Waals surface area contributed by atoms with Crippen LogP contribution in [0.5, 0.6) is 5.88 Å². The van der Waals surface area contributed by atoms with Crippen molar-refractivity contribution in [2.45, 2.75) is 50.9 Å². The van der Waals surface area contributed by atoms with Gasteiger partial charge in [0.15, 0.2) is 5.82 Å². The van der Waals surface area contributed by atoms with E-state index in [1.165, 1.54) is 0 Å². The lowest BCUT2D eigenvalue weighted by Crippen LogP contribution is -2.40. The molecule has 6 heterocycles. The molecule has 1 aromatic carbocycles. The summed E-state index contributed by atoms with van der Waals surface area (Å²) in [6.07, 6.45) is 12.2. The summed E-state index contributed by atoms with van der Waals surface area (Å²) in [4.78, 5) is 48.9. The Labute approximate surface area is 308 Å². The Balaban J connectivity index is 0.880. The second-order valence-corrected chi connectivity index (χ2v) is 15.0. The molecule has 7 rings (SSSR count). The van der Waals surface area contributed by atoms with Gasteiger partial charge in [-0.05, 0) is 94.3 Å². The minimum absolute atomic E-state index is 0.0144. The van der Waals surface area contributed by atoms with E-state index in [1.807, 2.05) is 62.5 Å². The predicted octanol–water partition coefficient (Wildman–Crippen LogP) is 6.13. The number of carbonyl (C=O) groups is 2. The number of rotatable bonds is 13. The number of thioether (sulfide) groups is 1. The highest BCUT2D eigenvalue weighted by Crippen LogP contribution is 2.32. The Morgan fingerprint density at radius 3 is 2.46 bits per heavy atom. The Hall–Kier alpha value is -4.88. The van der Waals surface area contributed by atoms with Crippen LogP contribution in [0.1, 0.15) is 39.5 Å². The molecule has 1 amide bonds. The maximum absolute atomic E-state index is 13.4. The van der Waals surface area contributed by atoms with Gasteiger partial charge in [-0.25, -0.2) is 19.9 Å². The first-order valence-electron chi connectivity index (χ1n) is 18.0. The molecule has 2 fully saturated rings. The third kappa shape index (κ3) is 8.42. The number of benzene rings is 1. The lowest BCUT2D eigenvalue weighted by molar-refractivity contribution is -0.124. The highest BCUT2D eigenvalue weighted by Gasteiger charge is 2.33. The quantitative estimate of drug-likeness (QED) is 0.145. The van der Waals surface area contributed by atoms with Crippen LogP contribution in [0, 0.1) is 11.8 Å². The molecule has 0 spiro atoms. The molecule has 52 heavy (non-hydrogen) atoms. The molecular weight excluding hydrogens is 675 g/mol. The summed E-state index contributed by atoms with van der Waals surface area (Å²) in [7, 11) is 0. The van der Waals surface area contributed by atoms with Crippen molar-refractivity contribution in [1.82, 2.24) is 35.0 Å². The predicted molar refractivity (Wildman–Crippen MR) is 205 cm³/mol. The minimum Gasteiger partial charge on any atom is -0.475 e. The van der Waals surface area contributed by atoms with Crippen molar-refractivity contribution in [3.8, 4) is 28.5 Å². The van der Waals surface area contributed by atoms with Crippen LogP contribution in [0.3, 0.4) is 0 Å². The van der Waals surface area contributed by atoms with E-state index >= 15 is 0 Å². The number of Topliss-reactive ketones (excluding diaryl/α,β-unsaturated/α-hetero) is 1. The fraction of sp³-hybridized carbons (Fsp3) is 0.410. The smallest absolute Gasteiger partial charge is 0.225 e. The first-order valence-corrected chi connectivity index (χ1v) is 19.3. The highest BCUT2D eigenvalue weighted by molar-refractivity contribution is 7.99. The van der Waals surface area contributed by atoms with Crippen molar-refractivity contribution in [1.29, 1.82) is 0 Å². The van der Waals surface area contributed by atoms with Gasteiger partial charge in [0.2, 0.25) is 11.8 Å². The molecule has 4 aromatic heterocycles. The number of ether oxygens (including phenoxy) is 1. The number of nitrogens with zero attached hydrogens (tertiary/aromatic N) is 7. The van der Waals surface area contributed by atoms with Crippen LogP contribution in [0.2, 0.25) is 0 Å². The molecule has 0 radical (unpaired) electrons. The maximum atomic E-state index is 13.4. The number of hydrogen-bond acceptors (Lipinski definition) is 11. The average molecular weight is 720 g/mol. The molecule has 12 nitrogen and oxygen atoms in total. The van der Waals surface area contributed by atoms with Gasteiger partial charge in [-0.2, -0.15) is 16.9 Å². The van der Waals surface area contributed by atoms with E-state index in [2.05, 4.69) is 51.5 Å². The summed E-state index contributed by atoms with van der Waals surface area (Å²) in [6.45, 7) is 7.75. The second kappa shape index (κ2) is 16.2. The number of aromatic nitrogens is 6. The average Bonchev–Trinajstić information content (AvgIpc) is 3.81.